The van der Waals surface area contributed by atoms with E-state index < -0.39 is 0 Å². The van der Waals surface area contributed by atoms with Gasteiger partial charge in [-0.05, 0) is 87.0 Å². The Morgan fingerprint density at radius 3 is 2.20 bits per heavy atom. The number of allylic oxidation sites excluding steroid dienone is 6. The number of dihydropyridines is 1. The first-order valence-electron chi connectivity index (χ1n) is 17.6. The summed E-state index contributed by atoms with van der Waals surface area (Å²) in [5, 5.41) is 16.5. The Balaban J connectivity index is 1.36. The molecule has 5 aromatic rings. The molecule has 5 aromatic carbocycles. The van der Waals surface area contributed by atoms with E-state index in [-0.39, 0.29) is 29.7 Å². The highest BCUT2D eigenvalue weighted by Crippen LogP contribution is 2.41. The van der Waals surface area contributed by atoms with Gasteiger partial charge in [-0.15, -0.1) is 0 Å². The van der Waals surface area contributed by atoms with Gasteiger partial charge < -0.3 is 10.6 Å². The van der Waals surface area contributed by atoms with Crippen LogP contribution in [0.1, 0.15) is 63.1 Å². The largest absolute Gasteiger partial charge is 0.381 e. The number of nitrogens with zero attached hydrogens (tertiary/aromatic N) is 1. The number of amidine groups is 1. The van der Waals surface area contributed by atoms with Gasteiger partial charge in [0.15, 0.2) is 0 Å². The lowest BCUT2D eigenvalue weighted by Crippen LogP contribution is -2.47. The molecule has 0 aromatic heterocycles. The number of nitrogens with one attached hydrogen (secondary N) is 3. The Morgan fingerprint density at radius 1 is 0.694 bits per heavy atom. The van der Waals surface area contributed by atoms with Crippen LogP contribution in [-0.4, -0.2) is 11.9 Å². The molecule has 0 saturated heterocycles. The molecule has 3 aliphatic rings. The van der Waals surface area contributed by atoms with Gasteiger partial charge in [-0.3, -0.25) is 5.32 Å². The zero-order valence-corrected chi connectivity index (χ0v) is 28.7. The van der Waals surface area contributed by atoms with E-state index in [0.29, 0.717) is 0 Å². The van der Waals surface area contributed by atoms with Gasteiger partial charge in [0.2, 0.25) is 0 Å². The number of benzene rings is 5. The predicted octanol–water partition coefficient (Wildman–Crippen LogP) is 10.4. The molecule has 0 fully saturated rings. The highest BCUT2D eigenvalue weighted by Gasteiger charge is 2.30. The number of fused-ring (bicyclic) bond motifs is 3. The molecule has 3 N–H and O–H groups in total. The molecule has 4 heteroatoms. The standard InChI is InChI=1S/C45H44N4/c1-29-23-24-37(41(46-29)45(2,3)4)33-25-34(40-28-32-19-11-12-20-36(32)38-21-13-14-22-39(38)40)27-35(26-33)44-48-42(30-15-7-5-8-16-30)47-43(49-44)31-17-9-6-10-18-31/h5-17,19-29,31,42,44,46,48H,18H2,1-4H3,(H,47,49). The van der Waals surface area contributed by atoms with Gasteiger partial charge in [-0.25, -0.2) is 4.99 Å². The minimum atomic E-state index is -0.246. The molecule has 0 amide bonds. The van der Waals surface area contributed by atoms with E-state index in [2.05, 4.69) is 183 Å². The predicted molar refractivity (Wildman–Crippen MR) is 207 cm³/mol. The fourth-order valence-electron chi connectivity index (χ4n) is 7.50. The van der Waals surface area contributed by atoms with Crippen LogP contribution in [0.25, 0.3) is 38.2 Å². The van der Waals surface area contributed by atoms with E-state index in [1.165, 1.54) is 55.1 Å². The van der Waals surface area contributed by atoms with Gasteiger partial charge in [0.05, 0.1) is 0 Å². The van der Waals surface area contributed by atoms with Crippen LogP contribution >= 0.6 is 0 Å². The van der Waals surface area contributed by atoms with Crippen molar-refractivity contribution in [2.45, 2.75) is 52.5 Å². The Bertz CT molecular complexity index is 2190. The van der Waals surface area contributed by atoms with E-state index in [1.54, 1.807) is 0 Å². The van der Waals surface area contributed by atoms with Crippen LogP contribution in [0.3, 0.4) is 0 Å². The Kier molecular flexibility index (Phi) is 8.05. The molecule has 4 atom stereocenters. The van der Waals surface area contributed by atoms with Gasteiger partial charge in [0, 0.05) is 28.6 Å². The minimum absolute atomic E-state index is 0.0578. The second-order valence-corrected chi connectivity index (χ2v) is 14.6. The van der Waals surface area contributed by atoms with Crippen molar-refractivity contribution in [2.24, 2.45) is 16.3 Å². The lowest BCUT2D eigenvalue weighted by molar-refractivity contribution is 0.399. The highest BCUT2D eigenvalue weighted by molar-refractivity contribution is 6.13. The Labute approximate surface area is 290 Å². The number of hydrogen-bond donors (Lipinski definition) is 3. The van der Waals surface area contributed by atoms with Gasteiger partial charge in [-0.1, -0.05) is 136 Å². The summed E-state index contributed by atoms with van der Waals surface area (Å²) in [6.45, 7) is 9.11. The molecule has 0 radical (unpaired) electrons. The van der Waals surface area contributed by atoms with Crippen molar-refractivity contribution in [3.63, 3.8) is 0 Å². The molecule has 1 aliphatic carbocycles. The number of hydrogen-bond acceptors (Lipinski definition) is 4. The van der Waals surface area contributed by atoms with Crippen molar-refractivity contribution in [3.05, 3.63) is 162 Å². The first kappa shape index (κ1) is 31.1. The third-order valence-corrected chi connectivity index (χ3v) is 9.95. The minimum Gasteiger partial charge on any atom is -0.381 e. The summed E-state index contributed by atoms with van der Waals surface area (Å²) >= 11 is 0. The summed E-state index contributed by atoms with van der Waals surface area (Å²) in [7, 11) is 0. The molecular weight excluding hydrogens is 597 g/mol. The normalized spacial score (nSPS) is 22.2. The summed E-state index contributed by atoms with van der Waals surface area (Å²) in [5.41, 5.74) is 8.39. The van der Waals surface area contributed by atoms with E-state index in [4.69, 9.17) is 4.99 Å². The smallest absolute Gasteiger partial charge is 0.129 e. The van der Waals surface area contributed by atoms with Crippen molar-refractivity contribution in [3.8, 4) is 11.1 Å². The first-order valence-corrected chi connectivity index (χ1v) is 17.6. The van der Waals surface area contributed by atoms with Crippen LogP contribution in [0.4, 0.5) is 0 Å². The Morgan fingerprint density at radius 2 is 1.43 bits per heavy atom. The van der Waals surface area contributed by atoms with E-state index in [0.717, 1.165) is 17.8 Å². The van der Waals surface area contributed by atoms with Crippen LogP contribution < -0.4 is 16.0 Å². The molecule has 0 spiro atoms. The van der Waals surface area contributed by atoms with Crippen LogP contribution in [-0.2, 0) is 0 Å². The summed E-state index contributed by atoms with van der Waals surface area (Å²) in [4.78, 5) is 5.42. The molecule has 244 valence electrons. The molecule has 2 aliphatic heterocycles. The average molecular weight is 641 g/mol. The van der Waals surface area contributed by atoms with E-state index in [9.17, 15) is 0 Å². The van der Waals surface area contributed by atoms with Crippen molar-refractivity contribution < 1.29 is 0 Å². The quantitative estimate of drug-likeness (QED) is 0.168. The highest BCUT2D eigenvalue weighted by atomic mass is 15.3. The number of aliphatic imine (C=N–C) groups is 1. The van der Waals surface area contributed by atoms with Crippen LogP contribution in [0.2, 0.25) is 0 Å². The summed E-state index contributed by atoms with van der Waals surface area (Å²) in [6, 6.07) is 38.0. The topological polar surface area (TPSA) is 48.5 Å². The molecule has 8 rings (SSSR count). The van der Waals surface area contributed by atoms with Crippen molar-refractivity contribution >= 4 is 33.0 Å². The Hall–Kier alpha value is -5.19. The van der Waals surface area contributed by atoms with Crippen molar-refractivity contribution in [2.75, 3.05) is 0 Å². The third-order valence-electron chi connectivity index (χ3n) is 9.95. The van der Waals surface area contributed by atoms with Crippen LogP contribution in [0.15, 0.2) is 150 Å². The molecule has 4 nitrogen and oxygen atoms in total. The lowest BCUT2D eigenvalue weighted by atomic mass is 9.82. The second-order valence-electron chi connectivity index (χ2n) is 14.6. The molecule has 4 unspecified atom stereocenters. The molecule has 0 saturated carbocycles. The number of rotatable bonds is 5. The van der Waals surface area contributed by atoms with Crippen LogP contribution in [0, 0.1) is 11.3 Å². The SMILES string of the molecule is CC1C=CC(c2cc(-c3cc4ccccc4c4ccccc34)cc(C3N=C(C4C=CC=CC4)NC(c4ccccc4)N3)c2)=C(C(C)(C)C)N1. The maximum absolute atomic E-state index is 5.42. The zero-order chi connectivity index (χ0) is 33.5. The van der Waals surface area contributed by atoms with Gasteiger partial charge in [0.25, 0.3) is 0 Å². The lowest BCUT2D eigenvalue weighted by Gasteiger charge is -2.35. The third kappa shape index (κ3) is 6.13. The first-order chi connectivity index (χ1) is 23.8. The fraction of sp³-hybridized carbons (Fsp3) is 0.222. The summed E-state index contributed by atoms with van der Waals surface area (Å²) in [5.74, 6) is 1.22. The van der Waals surface area contributed by atoms with Crippen molar-refractivity contribution in [1.82, 2.24) is 16.0 Å². The van der Waals surface area contributed by atoms with Gasteiger partial charge >= 0.3 is 0 Å². The van der Waals surface area contributed by atoms with Crippen LogP contribution in [0.5, 0.6) is 0 Å². The summed E-state index contributed by atoms with van der Waals surface area (Å²) < 4.78 is 0. The molecule has 0 bridgehead atoms. The van der Waals surface area contributed by atoms with E-state index >= 15 is 0 Å². The van der Waals surface area contributed by atoms with E-state index in [1.807, 2.05) is 0 Å². The molecule has 49 heavy (non-hydrogen) atoms. The zero-order valence-electron chi connectivity index (χ0n) is 28.7. The second kappa shape index (κ2) is 12.7. The molecular formula is C45H44N4. The van der Waals surface area contributed by atoms with Gasteiger partial charge in [0.1, 0.15) is 18.2 Å². The maximum atomic E-state index is 5.42. The van der Waals surface area contributed by atoms with Gasteiger partial charge in [-0.2, -0.15) is 0 Å². The summed E-state index contributed by atoms with van der Waals surface area (Å²) in [6.07, 6.45) is 14.0. The fourth-order valence-corrected chi connectivity index (χ4v) is 7.50. The monoisotopic (exact) mass is 640 g/mol. The average Bonchev–Trinajstić information content (AvgIpc) is 3.14. The van der Waals surface area contributed by atoms with Crippen molar-refractivity contribution in [1.29, 1.82) is 0 Å². The maximum Gasteiger partial charge on any atom is 0.129 e. The molecule has 2 heterocycles.